The first-order chi connectivity index (χ1) is 9.54. The fourth-order valence-corrected chi connectivity index (χ4v) is 1.71. The number of ether oxygens (including phenoxy) is 1. The van der Waals surface area contributed by atoms with Gasteiger partial charge in [-0.05, 0) is 48.5 Å². The van der Waals surface area contributed by atoms with Gasteiger partial charge >= 0.3 is 5.97 Å². The monoisotopic (exact) mass is 292 g/mol. The molecule has 1 N–H and O–H groups in total. The molecule has 2 aromatic rings. The number of hydrogen-bond acceptors (Lipinski definition) is 2. The van der Waals surface area contributed by atoms with Crippen LogP contribution in [0.1, 0.15) is 5.56 Å². The smallest absolute Gasteiger partial charge is 0.328 e. The van der Waals surface area contributed by atoms with Gasteiger partial charge in [-0.15, -0.1) is 0 Å². The van der Waals surface area contributed by atoms with Crippen LogP contribution >= 0.6 is 11.6 Å². The van der Waals surface area contributed by atoms with E-state index in [4.69, 9.17) is 21.4 Å². The van der Waals surface area contributed by atoms with Gasteiger partial charge in [0.1, 0.15) is 17.3 Å². The highest BCUT2D eigenvalue weighted by molar-refractivity contribution is 6.30. The maximum absolute atomic E-state index is 12.8. The third-order valence-electron chi connectivity index (χ3n) is 2.42. The van der Waals surface area contributed by atoms with Crippen LogP contribution in [0.5, 0.6) is 11.5 Å². The van der Waals surface area contributed by atoms with E-state index in [0.29, 0.717) is 22.1 Å². The predicted octanol–water partition coefficient (Wildman–Crippen LogP) is 4.37. The lowest BCUT2D eigenvalue weighted by atomic mass is 10.2. The summed E-state index contributed by atoms with van der Waals surface area (Å²) in [5, 5.41) is 9.11. The zero-order valence-electron chi connectivity index (χ0n) is 10.2. The minimum Gasteiger partial charge on any atom is -0.478 e. The van der Waals surface area contributed by atoms with E-state index in [1.54, 1.807) is 18.2 Å². The van der Waals surface area contributed by atoms with Crippen LogP contribution in [-0.4, -0.2) is 11.1 Å². The molecule has 5 heteroatoms. The van der Waals surface area contributed by atoms with E-state index in [2.05, 4.69) is 0 Å². The second-order valence-corrected chi connectivity index (χ2v) is 4.35. The van der Waals surface area contributed by atoms with Crippen molar-refractivity contribution in [3.05, 3.63) is 64.9 Å². The Morgan fingerprint density at radius 3 is 2.55 bits per heavy atom. The maximum atomic E-state index is 12.8. The van der Waals surface area contributed by atoms with Crippen LogP contribution in [0.25, 0.3) is 6.08 Å². The Bertz CT molecular complexity index is 651. The molecule has 0 heterocycles. The van der Waals surface area contributed by atoms with Crippen LogP contribution in [0.3, 0.4) is 0 Å². The number of benzene rings is 2. The van der Waals surface area contributed by atoms with Crippen molar-refractivity contribution in [3.63, 3.8) is 0 Å². The summed E-state index contributed by atoms with van der Waals surface area (Å²) in [7, 11) is 0. The highest BCUT2D eigenvalue weighted by atomic mass is 35.5. The standard InChI is InChI=1S/C15H10ClFO3/c16-11-2-7-14(10(9-11)1-8-15(18)19)20-13-5-3-12(17)4-6-13/h1-9H,(H,18,19)/b8-1+. The quantitative estimate of drug-likeness (QED) is 0.851. The van der Waals surface area contributed by atoms with Crippen LogP contribution < -0.4 is 4.74 Å². The SMILES string of the molecule is O=C(O)/C=C/c1cc(Cl)ccc1Oc1ccc(F)cc1. The third-order valence-corrected chi connectivity index (χ3v) is 2.65. The highest BCUT2D eigenvalue weighted by Crippen LogP contribution is 2.29. The van der Waals surface area contributed by atoms with Crippen molar-refractivity contribution < 1.29 is 19.0 Å². The molecule has 3 nitrogen and oxygen atoms in total. The van der Waals surface area contributed by atoms with Crippen LogP contribution in [0.2, 0.25) is 5.02 Å². The van der Waals surface area contributed by atoms with Gasteiger partial charge in [-0.25, -0.2) is 9.18 Å². The van der Waals surface area contributed by atoms with Crippen LogP contribution in [0, 0.1) is 5.82 Å². The molecule has 0 spiro atoms. The van der Waals surface area contributed by atoms with Crippen molar-refractivity contribution in [2.75, 3.05) is 0 Å². The van der Waals surface area contributed by atoms with E-state index in [9.17, 15) is 9.18 Å². The lowest BCUT2D eigenvalue weighted by Crippen LogP contribution is -1.90. The van der Waals surface area contributed by atoms with E-state index < -0.39 is 5.97 Å². The van der Waals surface area contributed by atoms with Gasteiger partial charge in [-0.2, -0.15) is 0 Å². The topological polar surface area (TPSA) is 46.5 Å². The van der Waals surface area contributed by atoms with Crippen molar-refractivity contribution in [3.8, 4) is 11.5 Å². The molecule has 2 aromatic carbocycles. The Labute approximate surface area is 119 Å². The van der Waals surface area contributed by atoms with E-state index in [-0.39, 0.29) is 5.82 Å². The lowest BCUT2D eigenvalue weighted by molar-refractivity contribution is -0.131. The molecule has 0 aliphatic rings. The van der Waals surface area contributed by atoms with Gasteiger partial charge in [0, 0.05) is 16.7 Å². The van der Waals surface area contributed by atoms with Gasteiger partial charge in [0.05, 0.1) is 0 Å². The molecule has 0 unspecified atom stereocenters. The molecular weight excluding hydrogens is 283 g/mol. The zero-order valence-corrected chi connectivity index (χ0v) is 11.0. The second-order valence-electron chi connectivity index (χ2n) is 3.91. The molecule has 2 rings (SSSR count). The Morgan fingerprint density at radius 1 is 1.20 bits per heavy atom. The number of hydrogen-bond donors (Lipinski definition) is 1. The molecule has 0 atom stereocenters. The van der Waals surface area contributed by atoms with Crippen molar-refractivity contribution in [2.24, 2.45) is 0 Å². The summed E-state index contributed by atoms with van der Waals surface area (Å²) in [6.07, 6.45) is 2.37. The second kappa shape index (κ2) is 6.21. The van der Waals surface area contributed by atoms with Gasteiger partial charge in [0.2, 0.25) is 0 Å². The first-order valence-corrected chi connectivity index (χ1v) is 6.06. The number of aliphatic carboxylic acids is 1. The zero-order chi connectivity index (χ0) is 14.5. The predicted molar refractivity (Wildman–Crippen MR) is 74.6 cm³/mol. The first kappa shape index (κ1) is 14.1. The first-order valence-electron chi connectivity index (χ1n) is 5.68. The van der Waals surface area contributed by atoms with Crippen molar-refractivity contribution in [1.29, 1.82) is 0 Å². The molecule has 0 radical (unpaired) electrons. The van der Waals surface area contributed by atoms with Crippen LogP contribution in [0.4, 0.5) is 4.39 Å². The number of carboxylic acids is 1. The maximum Gasteiger partial charge on any atom is 0.328 e. The van der Waals surface area contributed by atoms with Crippen molar-refractivity contribution in [2.45, 2.75) is 0 Å². The Kier molecular flexibility index (Phi) is 4.38. The summed E-state index contributed by atoms with van der Waals surface area (Å²) in [4.78, 5) is 10.6. The molecule has 0 amide bonds. The summed E-state index contributed by atoms with van der Waals surface area (Å²) in [5.41, 5.74) is 0.518. The molecule has 0 saturated heterocycles. The number of rotatable bonds is 4. The van der Waals surface area contributed by atoms with Crippen molar-refractivity contribution in [1.82, 2.24) is 0 Å². The largest absolute Gasteiger partial charge is 0.478 e. The number of halogens is 2. The Balaban J connectivity index is 2.30. The average Bonchev–Trinajstić information content (AvgIpc) is 2.41. The third kappa shape index (κ3) is 3.83. The number of carbonyl (C=O) groups is 1. The molecule has 0 bridgehead atoms. The molecule has 0 saturated carbocycles. The minimum atomic E-state index is -1.07. The van der Waals surface area contributed by atoms with E-state index in [1.165, 1.54) is 30.3 Å². The fourth-order valence-electron chi connectivity index (χ4n) is 1.53. The molecule has 0 aliphatic heterocycles. The van der Waals surface area contributed by atoms with Crippen LogP contribution in [-0.2, 0) is 4.79 Å². The van der Waals surface area contributed by atoms with Gasteiger partial charge in [0.25, 0.3) is 0 Å². The normalized spacial score (nSPS) is 10.7. The minimum absolute atomic E-state index is 0.362. The van der Waals surface area contributed by atoms with Crippen molar-refractivity contribution >= 4 is 23.6 Å². The average molecular weight is 293 g/mol. The Morgan fingerprint density at radius 2 is 1.90 bits per heavy atom. The molecular formula is C15H10ClFO3. The molecule has 0 aliphatic carbocycles. The van der Waals surface area contributed by atoms with Gasteiger partial charge in [-0.1, -0.05) is 11.6 Å². The molecule has 20 heavy (non-hydrogen) atoms. The molecule has 102 valence electrons. The summed E-state index contributed by atoms with van der Waals surface area (Å²) >= 11 is 5.87. The number of carboxylic acid groups (broad SMARTS) is 1. The summed E-state index contributed by atoms with van der Waals surface area (Å²) in [6, 6.07) is 10.3. The summed E-state index contributed by atoms with van der Waals surface area (Å²) < 4.78 is 18.4. The van der Waals surface area contributed by atoms with Gasteiger partial charge < -0.3 is 9.84 Å². The van der Waals surface area contributed by atoms with E-state index >= 15 is 0 Å². The van der Waals surface area contributed by atoms with E-state index in [1.807, 2.05) is 0 Å². The van der Waals surface area contributed by atoms with E-state index in [0.717, 1.165) is 6.08 Å². The Hall–Kier alpha value is -2.33. The molecule has 0 aromatic heterocycles. The van der Waals surface area contributed by atoms with Crippen LogP contribution in [0.15, 0.2) is 48.5 Å². The summed E-state index contributed by atoms with van der Waals surface area (Å²) in [6.45, 7) is 0. The molecule has 0 fully saturated rings. The fraction of sp³-hybridized carbons (Fsp3) is 0. The van der Waals surface area contributed by atoms with Gasteiger partial charge in [-0.3, -0.25) is 0 Å². The van der Waals surface area contributed by atoms with Gasteiger partial charge in [0.15, 0.2) is 0 Å². The summed E-state index contributed by atoms with van der Waals surface area (Å²) in [5.74, 6) is -0.561. The highest BCUT2D eigenvalue weighted by Gasteiger charge is 2.05. The lowest BCUT2D eigenvalue weighted by Gasteiger charge is -2.09.